The number of ether oxygens (including phenoxy) is 2. The molecule has 0 radical (unpaired) electrons. The van der Waals surface area contributed by atoms with E-state index in [2.05, 4.69) is 15.0 Å². The van der Waals surface area contributed by atoms with E-state index in [1.54, 1.807) is 41.3 Å². The van der Waals surface area contributed by atoms with Crippen LogP contribution in [0.2, 0.25) is 0 Å². The van der Waals surface area contributed by atoms with Crippen LogP contribution in [-0.2, 0) is 9.59 Å². The third-order valence-electron chi connectivity index (χ3n) is 5.15. The minimum Gasteiger partial charge on any atom is -0.495 e. The molecule has 7 nitrogen and oxygen atoms in total. The molecule has 34 heavy (non-hydrogen) atoms. The van der Waals surface area contributed by atoms with Gasteiger partial charge in [-0.25, -0.2) is 4.99 Å². The molecule has 10 heteroatoms. The minimum absolute atomic E-state index is 0.0243. The fourth-order valence-corrected chi connectivity index (χ4v) is 4.82. The van der Waals surface area contributed by atoms with Gasteiger partial charge in [-0.1, -0.05) is 37.2 Å². The highest BCUT2D eigenvalue weighted by molar-refractivity contribution is 8.15. The summed E-state index contributed by atoms with van der Waals surface area (Å²) in [6, 6.07) is 12.8. The molecule has 2 unspecified atom stereocenters. The molecule has 2 aromatic carbocycles. The van der Waals surface area contributed by atoms with Crippen LogP contribution in [0.25, 0.3) is 0 Å². The first-order valence-electron chi connectivity index (χ1n) is 10.9. The number of para-hydroxylation sites is 2. The molecule has 1 aliphatic heterocycles. The van der Waals surface area contributed by atoms with Gasteiger partial charge in [-0.05, 0) is 49.7 Å². The number of amidine groups is 1. The molecule has 2 amide bonds. The zero-order valence-electron chi connectivity index (χ0n) is 19.2. The van der Waals surface area contributed by atoms with Crippen molar-refractivity contribution in [2.45, 2.75) is 51.0 Å². The van der Waals surface area contributed by atoms with Gasteiger partial charge in [0.15, 0.2) is 5.17 Å². The first-order chi connectivity index (χ1) is 16.3. The maximum Gasteiger partial charge on any atom is 0.387 e. The molecule has 1 fully saturated rings. The molecule has 182 valence electrons. The predicted octanol–water partition coefficient (Wildman–Crippen LogP) is 5.45. The lowest BCUT2D eigenvalue weighted by molar-refractivity contribution is -0.129. The Kier molecular flexibility index (Phi) is 8.86. The minimum atomic E-state index is -2.91. The summed E-state index contributed by atoms with van der Waals surface area (Å²) in [6.45, 7) is 1.06. The van der Waals surface area contributed by atoms with E-state index in [0.717, 1.165) is 12.8 Å². The van der Waals surface area contributed by atoms with Gasteiger partial charge in [-0.3, -0.25) is 14.5 Å². The van der Waals surface area contributed by atoms with Crippen LogP contribution in [0.3, 0.4) is 0 Å². The number of aliphatic imine (C=N–C) groups is 1. The van der Waals surface area contributed by atoms with Gasteiger partial charge < -0.3 is 14.8 Å². The average Bonchev–Trinajstić information content (AvgIpc) is 3.09. The number of rotatable bonds is 10. The summed E-state index contributed by atoms with van der Waals surface area (Å²) in [7, 11) is 1.52. The van der Waals surface area contributed by atoms with Crippen molar-refractivity contribution in [3.8, 4) is 11.5 Å². The molecular weight excluding hydrogens is 464 g/mol. The number of benzene rings is 2. The van der Waals surface area contributed by atoms with E-state index in [1.165, 1.54) is 31.0 Å². The number of nitrogens with zero attached hydrogens (tertiary/aromatic N) is 2. The van der Waals surface area contributed by atoms with Crippen LogP contribution in [0.4, 0.5) is 20.2 Å². The number of amides is 2. The lowest BCUT2D eigenvalue weighted by Crippen LogP contribution is -2.40. The number of halogens is 2. The molecule has 3 rings (SSSR count). The highest BCUT2D eigenvalue weighted by atomic mass is 32.2. The molecule has 0 saturated carbocycles. The number of carbonyl (C=O) groups is 2. The van der Waals surface area contributed by atoms with Gasteiger partial charge in [0.25, 0.3) is 0 Å². The van der Waals surface area contributed by atoms with E-state index in [9.17, 15) is 18.4 Å². The highest BCUT2D eigenvalue weighted by Crippen LogP contribution is 2.35. The van der Waals surface area contributed by atoms with Gasteiger partial charge in [0.2, 0.25) is 11.8 Å². The summed E-state index contributed by atoms with van der Waals surface area (Å²) in [5.41, 5.74) is 1.02. The Morgan fingerprint density at radius 3 is 2.56 bits per heavy atom. The molecule has 0 aliphatic carbocycles. The normalized spacial score (nSPS) is 17.8. The van der Waals surface area contributed by atoms with Crippen molar-refractivity contribution in [3.63, 3.8) is 0 Å². The first-order valence-corrected chi connectivity index (χ1v) is 11.8. The summed E-state index contributed by atoms with van der Waals surface area (Å²) < 4.78 is 34.4. The fourth-order valence-electron chi connectivity index (χ4n) is 3.58. The van der Waals surface area contributed by atoms with Crippen LogP contribution < -0.4 is 14.8 Å². The van der Waals surface area contributed by atoms with E-state index in [4.69, 9.17) is 4.74 Å². The molecule has 1 N–H and O–H groups in total. The van der Waals surface area contributed by atoms with Crippen molar-refractivity contribution in [3.05, 3.63) is 48.5 Å². The monoisotopic (exact) mass is 491 g/mol. The molecule has 0 bridgehead atoms. The van der Waals surface area contributed by atoms with Crippen LogP contribution in [-0.4, -0.2) is 46.9 Å². The van der Waals surface area contributed by atoms with Crippen LogP contribution in [0.15, 0.2) is 53.5 Å². The van der Waals surface area contributed by atoms with Gasteiger partial charge in [-0.15, -0.1) is 0 Å². The van der Waals surface area contributed by atoms with Gasteiger partial charge in [-0.2, -0.15) is 8.78 Å². The Balaban J connectivity index is 1.77. The van der Waals surface area contributed by atoms with Crippen molar-refractivity contribution in [2.75, 3.05) is 12.4 Å². The summed E-state index contributed by atoms with van der Waals surface area (Å²) in [5.74, 6) is 0.0582. The van der Waals surface area contributed by atoms with Crippen LogP contribution >= 0.6 is 11.8 Å². The number of methoxy groups -OCH3 is 1. The topological polar surface area (TPSA) is 80.2 Å². The smallest absolute Gasteiger partial charge is 0.387 e. The van der Waals surface area contributed by atoms with Crippen molar-refractivity contribution in [2.24, 2.45) is 4.99 Å². The molecule has 1 aliphatic rings. The van der Waals surface area contributed by atoms with Crippen molar-refractivity contribution in [1.82, 2.24) is 4.90 Å². The molecule has 2 atom stereocenters. The Morgan fingerprint density at radius 1 is 1.21 bits per heavy atom. The summed E-state index contributed by atoms with van der Waals surface area (Å²) in [4.78, 5) is 32.1. The van der Waals surface area contributed by atoms with Crippen molar-refractivity contribution in [1.29, 1.82) is 0 Å². The second-order valence-corrected chi connectivity index (χ2v) is 8.84. The second-order valence-electron chi connectivity index (χ2n) is 7.67. The van der Waals surface area contributed by atoms with E-state index in [-0.39, 0.29) is 30.0 Å². The molecular formula is C24H27F2N3O4S. The Bertz CT molecular complexity index is 1030. The van der Waals surface area contributed by atoms with Gasteiger partial charge in [0, 0.05) is 12.5 Å². The number of thioether (sulfide) groups is 1. The zero-order chi connectivity index (χ0) is 24.7. The van der Waals surface area contributed by atoms with Gasteiger partial charge in [0.05, 0.1) is 18.5 Å². The van der Waals surface area contributed by atoms with E-state index in [0.29, 0.717) is 22.3 Å². The number of carbonyl (C=O) groups excluding carboxylic acids is 2. The number of nitrogens with one attached hydrogen (secondary N) is 1. The lowest BCUT2D eigenvalue weighted by Gasteiger charge is -2.24. The Labute approximate surface area is 201 Å². The Morgan fingerprint density at radius 2 is 1.91 bits per heavy atom. The number of hydrogen-bond acceptors (Lipinski definition) is 6. The third kappa shape index (κ3) is 6.47. The maximum absolute atomic E-state index is 13.2. The molecule has 2 aromatic rings. The second kappa shape index (κ2) is 11.8. The van der Waals surface area contributed by atoms with E-state index >= 15 is 0 Å². The largest absolute Gasteiger partial charge is 0.495 e. The third-order valence-corrected chi connectivity index (χ3v) is 6.30. The number of alkyl halides is 2. The van der Waals surface area contributed by atoms with Crippen LogP contribution in [0, 0.1) is 0 Å². The lowest BCUT2D eigenvalue weighted by atomic mass is 10.1. The van der Waals surface area contributed by atoms with Gasteiger partial charge >= 0.3 is 6.61 Å². The number of anilines is 1. The number of hydrogen-bond donors (Lipinski definition) is 1. The summed E-state index contributed by atoms with van der Waals surface area (Å²) in [6.07, 6.45) is 1.62. The van der Waals surface area contributed by atoms with Gasteiger partial charge in [0.1, 0.15) is 16.7 Å². The summed E-state index contributed by atoms with van der Waals surface area (Å²) in [5, 5.41) is 2.65. The standard InChI is InChI=1S/C24H27F2N3O4S/c1-4-7-15(2)29-22(31)20(14-21(30)28-18-8-5-6-9-19(18)32-3)34-24(29)27-16-10-12-17(13-11-16)33-23(25)26/h5-6,8-13,15,20,23H,4,7,14H2,1-3H3,(H,28,30). The van der Waals surface area contributed by atoms with E-state index in [1.807, 2.05) is 13.8 Å². The predicted molar refractivity (Wildman–Crippen MR) is 129 cm³/mol. The van der Waals surface area contributed by atoms with E-state index < -0.39 is 11.9 Å². The first kappa shape index (κ1) is 25.5. The molecule has 1 heterocycles. The van der Waals surface area contributed by atoms with Crippen LogP contribution in [0.1, 0.15) is 33.1 Å². The highest BCUT2D eigenvalue weighted by Gasteiger charge is 2.41. The molecule has 0 spiro atoms. The zero-order valence-corrected chi connectivity index (χ0v) is 20.0. The van der Waals surface area contributed by atoms with Crippen molar-refractivity contribution >= 4 is 40.1 Å². The summed E-state index contributed by atoms with van der Waals surface area (Å²) >= 11 is 1.22. The van der Waals surface area contributed by atoms with Crippen molar-refractivity contribution < 1.29 is 27.8 Å². The quantitative estimate of drug-likeness (QED) is 0.478. The molecule has 1 saturated heterocycles. The van der Waals surface area contributed by atoms with Crippen LogP contribution in [0.5, 0.6) is 11.5 Å². The Hall–Kier alpha value is -3.14. The fraction of sp³-hybridized carbons (Fsp3) is 0.375. The SMILES string of the molecule is CCCC(C)N1C(=O)C(CC(=O)Nc2ccccc2OC)SC1=Nc1ccc(OC(F)F)cc1. The average molecular weight is 492 g/mol. The maximum atomic E-state index is 13.2. The molecule has 0 aromatic heterocycles.